The number of anilines is 1. The maximum Gasteiger partial charge on any atom is 0.244 e. The molecule has 0 bridgehead atoms. The van der Waals surface area contributed by atoms with Crippen LogP contribution >= 0.6 is 0 Å². The van der Waals surface area contributed by atoms with Crippen LogP contribution in [0.4, 0.5) is 10.2 Å². The summed E-state index contributed by atoms with van der Waals surface area (Å²) in [6.07, 6.45) is 1.32. The summed E-state index contributed by atoms with van der Waals surface area (Å²) in [6.45, 7) is 3.77. The quantitative estimate of drug-likeness (QED) is 0.459. The van der Waals surface area contributed by atoms with Gasteiger partial charge in [-0.25, -0.2) is 27.1 Å². The van der Waals surface area contributed by atoms with E-state index in [0.717, 1.165) is 10.00 Å². The number of nitrogens with one attached hydrogen (secondary N) is 1. The molecule has 0 aliphatic carbocycles. The maximum absolute atomic E-state index is 13.5. The summed E-state index contributed by atoms with van der Waals surface area (Å²) >= 11 is 0. The number of rotatable bonds is 6. The van der Waals surface area contributed by atoms with E-state index in [0.29, 0.717) is 28.0 Å². The third kappa shape index (κ3) is 4.53. The summed E-state index contributed by atoms with van der Waals surface area (Å²) in [5, 5.41) is 12.1. The molecule has 33 heavy (non-hydrogen) atoms. The molecule has 0 saturated carbocycles. The van der Waals surface area contributed by atoms with E-state index in [-0.39, 0.29) is 22.3 Å². The number of fused-ring (bicyclic) bond motifs is 1. The van der Waals surface area contributed by atoms with Crippen LogP contribution in [0.5, 0.6) is 0 Å². The summed E-state index contributed by atoms with van der Waals surface area (Å²) in [4.78, 5) is 8.69. The number of benzene rings is 2. The van der Waals surface area contributed by atoms with Crippen molar-refractivity contribution in [2.45, 2.75) is 24.8 Å². The molecule has 0 spiro atoms. The van der Waals surface area contributed by atoms with Gasteiger partial charge in [0.2, 0.25) is 10.0 Å². The Morgan fingerprint density at radius 2 is 1.70 bits per heavy atom. The number of aryl methyl sites for hydroxylation is 1. The van der Waals surface area contributed by atoms with Crippen molar-refractivity contribution in [1.29, 1.82) is 0 Å². The Morgan fingerprint density at radius 3 is 2.33 bits per heavy atom. The Bertz CT molecular complexity index is 1410. The highest BCUT2D eigenvalue weighted by Gasteiger charge is 2.24. The number of hydrogen-bond donors (Lipinski definition) is 1. The number of aromatic nitrogens is 4. The molecule has 0 aliphatic heterocycles. The van der Waals surface area contributed by atoms with Crippen molar-refractivity contribution in [2.75, 3.05) is 19.4 Å². The second kappa shape index (κ2) is 8.80. The fraction of sp³-hybridized carbons (Fsp3) is 0.217. The van der Waals surface area contributed by atoms with Gasteiger partial charge in [-0.2, -0.15) is 10.2 Å². The van der Waals surface area contributed by atoms with Crippen LogP contribution in [0.15, 0.2) is 59.8 Å². The lowest BCUT2D eigenvalue weighted by molar-refractivity contribution is 0.521. The molecule has 2 aromatic carbocycles. The second-order valence-electron chi connectivity index (χ2n) is 7.85. The van der Waals surface area contributed by atoms with Crippen molar-refractivity contribution >= 4 is 26.7 Å². The molecule has 1 atom stereocenters. The maximum atomic E-state index is 13.5. The van der Waals surface area contributed by atoms with Crippen LogP contribution in [0.1, 0.15) is 24.4 Å². The van der Waals surface area contributed by atoms with Gasteiger partial charge in [-0.15, -0.1) is 0 Å². The molecule has 0 amide bonds. The van der Waals surface area contributed by atoms with E-state index in [2.05, 4.69) is 25.5 Å². The molecular weight excluding hydrogens is 443 g/mol. The predicted octanol–water partition coefficient (Wildman–Crippen LogP) is 3.96. The van der Waals surface area contributed by atoms with Gasteiger partial charge in [0.15, 0.2) is 0 Å². The summed E-state index contributed by atoms with van der Waals surface area (Å²) in [5.74, 6) is 0.0773. The zero-order valence-corrected chi connectivity index (χ0v) is 19.4. The Hall–Kier alpha value is -3.50. The molecular formula is C23H23FN6O2S. The minimum Gasteiger partial charge on any atom is -0.361 e. The summed E-state index contributed by atoms with van der Waals surface area (Å²) in [5.41, 5.74) is 3.07. The van der Waals surface area contributed by atoms with Gasteiger partial charge in [0, 0.05) is 19.5 Å². The van der Waals surface area contributed by atoms with Crippen LogP contribution in [0.25, 0.3) is 22.0 Å². The molecule has 0 radical (unpaired) electrons. The Labute approximate surface area is 191 Å². The summed E-state index contributed by atoms with van der Waals surface area (Å²) < 4.78 is 40.9. The third-order valence-corrected chi connectivity index (χ3v) is 7.08. The molecule has 1 N–H and O–H groups in total. The van der Waals surface area contributed by atoms with Crippen molar-refractivity contribution in [3.63, 3.8) is 0 Å². The van der Waals surface area contributed by atoms with Crippen LogP contribution in [-0.4, -0.2) is 47.0 Å². The van der Waals surface area contributed by atoms with Gasteiger partial charge in [-0.05, 0) is 61.4 Å². The van der Waals surface area contributed by atoms with Crippen molar-refractivity contribution in [3.05, 3.63) is 72.1 Å². The lowest BCUT2D eigenvalue weighted by Gasteiger charge is -2.18. The third-order valence-electron chi connectivity index (χ3n) is 5.26. The first-order valence-corrected chi connectivity index (χ1v) is 11.6. The number of nitrogens with zero attached hydrogens (tertiary/aromatic N) is 5. The predicted molar refractivity (Wildman–Crippen MR) is 125 cm³/mol. The molecule has 0 unspecified atom stereocenters. The molecule has 8 nitrogen and oxygen atoms in total. The van der Waals surface area contributed by atoms with Gasteiger partial charge in [0.05, 0.1) is 22.9 Å². The van der Waals surface area contributed by atoms with Gasteiger partial charge in [0.25, 0.3) is 0 Å². The molecule has 10 heteroatoms. The monoisotopic (exact) mass is 466 g/mol. The van der Waals surface area contributed by atoms with Gasteiger partial charge < -0.3 is 5.32 Å². The minimum absolute atomic E-state index is 0.0394. The van der Waals surface area contributed by atoms with E-state index in [1.54, 1.807) is 24.3 Å². The first-order chi connectivity index (χ1) is 15.7. The van der Waals surface area contributed by atoms with Crippen molar-refractivity contribution in [3.8, 4) is 11.1 Å². The average molecular weight is 467 g/mol. The van der Waals surface area contributed by atoms with E-state index in [9.17, 15) is 12.8 Å². The van der Waals surface area contributed by atoms with Crippen LogP contribution in [0.3, 0.4) is 0 Å². The standard InChI is InChI=1S/C23H23FN6O2S/c1-14-5-10-20(29-28-14)15(2)27-23-19-11-17(16-6-8-18(24)9-7-16)12-21(22(19)25-13-26-23)33(31,32)30(3)4/h5-13,15H,1-4H3,(H,25,26,27)/t15-/m1/s1. The van der Waals surface area contributed by atoms with Gasteiger partial charge >= 0.3 is 0 Å². The lowest BCUT2D eigenvalue weighted by atomic mass is 10.0. The number of halogens is 1. The van der Waals surface area contributed by atoms with Gasteiger partial charge in [-0.1, -0.05) is 12.1 Å². The molecule has 0 fully saturated rings. The molecule has 4 aromatic rings. The highest BCUT2D eigenvalue weighted by molar-refractivity contribution is 7.89. The fourth-order valence-corrected chi connectivity index (χ4v) is 4.45. The lowest BCUT2D eigenvalue weighted by Crippen LogP contribution is -2.23. The molecule has 170 valence electrons. The summed E-state index contributed by atoms with van der Waals surface area (Å²) in [6, 6.07) is 12.7. The van der Waals surface area contributed by atoms with Crippen LogP contribution in [0.2, 0.25) is 0 Å². The van der Waals surface area contributed by atoms with Crippen molar-refractivity contribution in [1.82, 2.24) is 24.5 Å². The van der Waals surface area contributed by atoms with E-state index < -0.39 is 10.0 Å². The zero-order valence-electron chi connectivity index (χ0n) is 18.6. The van der Waals surface area contributed by atoms with Crippen molar-refractivity contribution in [2.24, 2.45) is 0 Å². The SMILES string of the molecule is Cc1ccc([C@@H](C)Nc2ncnc3c(S(=O)(=O)N(C)C)cc(-c4ccc(F)cc4)cc23)nn1. The van der Waals surface area contributed by atoms with Crippen molar-refractivity contribution < 1.29 is 12.8 Å². The average Bonchev–Trinajstić information content (AvgIpc) is 2.79. The van der Waals surface area contributed by atoms with Gasteiger partial charge in [-0.3, -0.25) is 0 Å². The molecule has 2 heterocycles. The molecule has 4 rings (SSSR count). The van der Waals surface area contributed by atoms with Crippen LogP contribution in [0, 0.1) is 12.7 Å². The van der Waals surface area contributed by atoms with Crippen LogP contribution in [-0.2, 0) is 10.0 Å². The van der Waals surface area contributed by atoms with E-state index >= 15 is 0 Å². The number of hydrogen-bond acceptors (Lipinski definition) is 7. The Morgan fingerprint density at radius 1 is 0.970 bits per heavy atom. The first kappa shape index (κ1) is 22.7. The van der Waals surface area contributed by atoms with E-state index in [4.69, 9.17) is 0 Å². The smallest absolute Gasteiger partial charge is 0.244 e. The molecule has 2 aromatic heterocycles. The number of sulfonamides is 1. The first-order valence-electron chi connectivity index (χ1n) is 10.2. The van der Waals surface area contributed by atoms with E-state index in [1.165, 1.54) is 32.6 Å². The Balaban J connectivity index is 1.90. The normalized spacial score (nSPS) is 12.8. The highest BCUT2D eigenvalue weighted by atomic mass is 32.2. The highest BCUT2D eigenvalue weighted by Crippen LogP contribution is 2.34. The van der Waals surface area contributed by atoms with E-state index in [1.807, 2.05) is 26.0 Å². The topological polar surface area (TPSA) is 101 Å². The molecule has 0 saturated heterocycles. The minimum atomic E-state index is -3.83. The summed E-state index contributed by atoms with van der Waals surface area (Å²) in [7, 11) is -0.900. The largest absolute Gasteiger partial charge is 0.361 e. The Kier molecular flexibility index (Phi) is 6.05. The van der Waals surface area contributed by atoms with Crippen LogP contribution < -0.4 is 5.32 Å². The zero-order chi connectivity index (χ0) is 23.8. The fourth-order valence-electron chi connectivity index (χ4n) is 3.37. The second-order valence-corrected chi connectivity index (χ2v) is 9.97. The van der Waals surface area contributed by atoms with Gasteiger partial charge in [0.1, 0.15) is 22.9 Å². The molecule has 0 aliphatic rings.